The van der Waals surface area contributed by atoms with E-state index in [1.54, 1.807) is 7.11 Å². The Morgan fingerprint density at radius 3 is 0.964 bits per heavy atom. The minimum absolute atomic E-state index is 0.0489. The Labute approximate surface area is 848 Å². The van der Waals surface area contributed by atoms with Gasteiger partial charge in [0.2, 0.25) is 11.8 Å². The summed E-state index contributed by atoms with van der Waals surface area (Å²) in [6, 6.07) is -3.83. The quantitative estimate of drug-likeness (QED) is 0.0117. The fourth-order valence-corrected chi connectivity index (χ4v) is 20.2. The van der Waals surface area contributed by atoms with Crippen LogP contribution in [0.3, 0.4) is 0 Å². The largest absolute Gasteiger partial charge is 0.472 e. The van der Waals surface area contributed by atoms with Crippen LogP contribution in [0.25, 0.3) is 0 Å². The Bertz CT molecular complexity index is 3060. The minimum Gasteiger partial charge on any atom is -0.463 e. The molecule has 2 rings (SSSR count). The molecule has 0 bridgehead atoms. The van der Waals surface area contributed by atoms with Crippen LogP contribution in [0.5, 0.6) is 0 Å². The van der Waals surface area contributed by atoms with Crippen molar-refractivity contribution in [2.75, 3.05) is 20.3 Å². The SMILES string of the molecule is CCCCCCCCCCCCCCC[C@@H](O)CC(=O)N[C@H]1[C@@H](OP(=O)(O)O)O[C@H](CO[C@@H]2O[C@H](CO)[C@@H](OP(=O)(O)O)[C@H](OC(=O)C[C@H](O)CCCCCCCCCCC)[C@H]2NC(=O)C[C@@H](CCCCCCCCCCCCCCC)OC(=O)CCCCCCCCCCCCCCCCCCCCCCCCC[C@@H](C)OC(=O)CC(C)OC)[C@@H](O)[C@@H]1OC(=O)C[C@H](O)CCCCCCCCCCC. The van der Waals surface area contributed by atoms with Gasteiger partial charge in [0.25, 0.3) is 0 Å². The Hall–Kier alpha value is -3.32. The lowest BCUT2D eigenvalue weighted by atomic mass is 9.95. The number of hydrogen-bond donors (Lipinski definition) is 11. The summed E-state index contributed by atoms with van der Waals surface area (Å²) in [5.74, 6) is -4.69. The molecule has 2 aliphatic rings. The Balaban J connectivity index is 2.43. The molecule has 0 radical (unpaired) electrons. The highest BCUT2D eigenvalue weighted by atomic mass is 31.2. The summed E-state index contributed by atoms with van der Waals surface area (Å²) in [7, 11) is -9.72. The van der Waals surface area contributed by atoms with E-state index in [1.807, 2.05) is 13.8 Å². The van der Waals surface area contributed by atoms with Gasteiger partial charge in [-0.3, -0.25) is 37.8 Å². The Morgan fingerprint density at radius 2 is 0.621 bits per heavy atom. The molecule has 0 aliphatic carbocycles. The van der Waals surface area contributed by atoms with E-state index in [9.17, 15) is 78.2 Å². The molecule has 2 saturated heterocycles. The number of aliphatic hydroxyl groups excluding tert-OH is 5. The van der Waals surface area contributed by atoms with Crippen molar-refractivity contribution in [3.63, 3.8) is 0 Å². The fraction of sp³-hybridized carbons (Fsp3) is 0.945. The third-order valence-electron chi connectivity index (χ3n) is 27.8. The number of amides is 2. The molecule has 0 saturated carbocycles. The van der Waals surface area contributed by atoms with E-state index in [4.69, 9.17) is 46.9 Å². The average Bonchev–Trinajstić information content (AvgIpc) is 0.777. The Morgan fingerprint density at radius 1 is 0.321 bits per heavy atom. The van der Waals surface area contributed by atoms with Crippen LogP contribution >= 0.6 is 15.6 Å². The monoisotopic (exact) mass is 2040 g/mol. The number of unbranched alkanes of at least 4 members (excludes halogenated alkanes) is 62. The number of carbonyl (C=O) groups excluding carboxylic acids is 6. The van der Waals surface area contributed by atoms with Gasteiger partial charge < -0.3 is 93.6 Å². The predicted octanol–water partition coefficient (Wildman–Crippen LogP) is 24.7. The molecule has 0 aromatic heterocycles. The number of methoxy groups -OCH3 is 1. The van der Waals surface area contributed by atoms with Crippen molar-refractivity contribution in [3.8, 4) is 0 Å². The van der Waals surface area contributed by atoms with E-state index in [-0.39, 0.29) is 50.3 Å². The maximum absolute atomic E-state index is 15.1. The number of phosphoric ester groups is 2. The van der Waals surface area contributed by atoms with E-state index in [0.717, 1.165) is 199 Å². The lowest BCUT2D eigenvalue weighted by Crippen LogP contribution is -2.68. The second-order valence-electron chi connectivity index (χ2n) is 41.3. The minimum atomic E-state index is -5.67. The molecule has 0 spiro atoms. The zero-order valence-corrected chi connectivity index (χ0v) is 90.9. The number of ether oxygens (including phenoxy) is 8. The number of nitrogens with one attached hydrogen (secondary N) is 2. The van der Waals surface area contributed by atoms with Gasteiger partial charge in [0, 0.05) is 13.5 Å². The van der Waals surface area contributed by atoms with E-state index in [0.29, 0.717) is 38.5 Å². The number of aliphatic hydroxyl groups is 5. The number of rotatable bonds is 99. The van der Waals surface area contributed by atoms with Gasteiger partial charge in [-0.2, -0.15) is 0 Å². The smallest absolute Gasteiger partial charge is 0.463 e. The van der Waals surface area contributed by atoms with Crippen LogP contribution in [0.15, 0.2) is 0 Å². The van der Waals surface area contributed by atoms with Crippen LogP contribution in [0.2, 0.25) is 0 Å². The summed E-state index contributed by atoms with van der Waals surface area (Å²) in [6.07, 6.45) is 51.7. The molecule has 0 aromatic rings. The summed E-state index contributed by atoms with van der Waals surface area (Å²) in [5, 5.41) is 62.8. The molecule has 11 N–H and O–H groups in total. The van der Waals surface area contributed by atoms with Crippen LogP contribution in [-0.2, 0) is 84.8 Å². The van der Waals surface area contributed by atoms with Crippen molar-refractivity contribution >= 4 is 51.3 Å². The van der Waals surface area contributed by atoms with E-state index < -0.39 is 170 Å². The van der Waals surface area contributed by atoms with Crippen molar-refractivity contribution in [3.05, 3.63) is 0 Å². The van der Waals surface area contributed by atoms with Crippen molar-refractivity contribution in [2.24, 2.45) is 0 Å². The van der Waals surface area contributed by atoms with Gasteiger partial charge in [-0.1, -0.05) is 439 Å². The summed E-state index contributed by atoms with van der Waals surface area (Å²) >= 11 is 0. The van der Waals surface area contributed by atoms with Gasteiger partial charge in [-0.25, -0.2) is 9.13 Å². The van der Waals surface area contributed by atoms with Crippen molar-refractivity contribution in [1.29, 1.82) is 0 Å². The average molecular weight is 2040 g/mol. The van der Waals surface area contributed by atoms with Gasteiger partial charge in [-0.15, -0.1) is 0 Å². The predicted molar refractivity (Wildman–Crippen MR) is 553 cm³/mol. The van der Waals surface area contributed by atoms with Gasteiger partial charge in [0.15, 0.2) is 24.8 Å². The first-order valence-corrected chi connectivity index (χ1v) is 60.3. The third-order valence-corrected chi connectivity index (χ3v) is 28.8. The highest BCUT2D eigenvalue weighted by Crippen LogP contribution is 2.44. The van der Waals surface area contributed by atoms with Gasteiger partial charge in [0.05, 0.1) is 75.8 Å². The summed E-state index contributed by atoms with van der Waals surface area (Å²) in [5.41, 5.74) is 0. The van der Waals surface area contributed by atoms with Crippen molar-refractivity contribution in [2.45, 2.75) is 640 Å². The molecule has 16 atom stereocenters. The standard InChI is InChI=1S/C109H208N2O27P2/c1-8-12-16-20-24-28-30-43-48-54-60-64-70-76-90(113)82-96(116)110-102-106(135-100(120)83-91(114)77-71-65-58-51-26-22-18-14-10-3)104(122)95(134-109(102)138-140(126,127)128)87-130-108-103(107(105(94(86-112)133-108)137-139(123,124)125)136-101(121)84-92(115)78-72-66-59-52-27-23-19-15-11-4)111-97(117)85-93(79-73-67-61-55-49-44-31-29-25-21-17-13-9-2)132-98(118)80-74-68-62-56-50-46-42-40-38-36-34-32-33-35-37-39-41-45-47-53-57-63-69-75-88(5)131-99(119)81-89(6)129-7/h88-95,102-109,112-115,122H,8-87H2,1-7H3,(H,110,116)(H,111,117)(H2,123,124,125)(H2,126,127,128)/t88-,89?,90-,91-,92-,93-,94-,95-,102-,103-,104-,105-,106-,107-,108-,109-/m1/s1. The lowest BCUT2D eigenvalue weighted by molar-refractivity contribution is -0.296. The molecule has 0 aromatic carbocycles. The molecule has 140 heavy (non-hydrogen) atoms. The zero-order valence-electron chi connectivity index (χ0n) is 89.1. The first-order chi connectivity index (χ1) is 67.6. The first kappa shape index (κ1) is 133. The van der Waals surface area contributed by atoms with Crippen LogP contribution in [0.4, 0.5) is 0 Å². The van der Waals surface area contributed by atoms with Gasteiger partial charge >= 0.3 is 39.5 Å². The molecular weight excluding hydrogens is 1830 g/mol. The zero-order chi connectivity index (χ0) is 103. The maximum Gasteiger partial charge on any atom is 0.472 e. The number of hydrogen-bond acceptors (Lipinski definition) is 23. The molecule has 1 unspecified atom stereocenters. The third kappa shape index (κ3) is 74.5. The molecule has 2 fully saturated rings. The van der Waals surface area contributed by atoms with Gasteiger partial charge in [0.1, 0.15) is 42.6 Å². The van der Waals surface area contributed by atoms with Crippen molar-refractivity contribution < 1.29 is 130 Å². The van der Waals surface area contributed by atoms with E-state index in [2.05, 4.69) is 38.3 Å². The first-order valence-electron chi connectivity index (χ1n) is 57.2. The molecule has 2 amide bonds. The molecule has 2 aliphatic heterocycles. The van der Waals surface area contributed by atoms with Crippen LogP contribution in [0.1, 0.15) is 542 Å². The molecule has 826 valence electrons. The van der Waals surface area contributed by atoms with Crippen molar-refractivity contribution in [1.82, 2.24) is 10.6 Å². The summed E-state index contributed by atoms with van der Waals surface area (Å²) in [6.45, 7) is 10.5. The second kappa shape index (κ2) is 88.6. The van der Waals surface area contributed by atoms with E-state index in [1.165, 1.54) is 205 Å². The van der Waals surface area contributed by atoms with E-state index >= 15 is 4.79 Å². The topological polar surface area (TPSA) is 435 Å². The Kier molecular flexibility index (Phi) is 84.0. The number of carbonyl (C=O) groups is 6. The summed E-state index contributed by atoms with van der Waals surface area (Å²) < 4.78 is 84.3. The molecule has 31 heteroatoms. The number of phosphoric acid groups is 2. The van der Waals surface area contributed by atoms with Gasteiger partial charge in [-0.05, 0) is 65.2 Å². The molecule has 2 heterocycles. The second-order valence-corrected chi connectivity index (χ2v) is 43.6. The normalized spacial score (nSPS) is 19.8. The number of esters is 4. The highest BCUT2D eigenvalue weighted by molar-refractivity contribution is 7.46. The fourth-order valence-electron chi connectivity index (χ4n) is 19.2. The summed E-state index contributed by atoms with van der Waals surface area (Å²) in [4.78, 5) is 126. The van der Waals surface area contributed by atoms with Crippen LogP contribution < -0.4 is 10.6 Å². The molecular formula is C109H208N2O27P2. The molecule has 29 nitrogen and oxygen atoms in total. The highest BCUT2D eigenvalue weighted by Gasteiger charge is 2.55. The lowest BCUT2D eigenvalue weighted by Gasteiger charge is -2.47. The van der Waals surface area contributed by atoms with Crippen LogP contribution in [0, 0.1) is 0 Å². The maximum atomic E-state index is 15.1. The van der Waals surface area contributed by atoms with Crippen LogP contribution in [-0.4, -0.2) is 199 Å².